The summed E-state index contributed by atoms with van der Waals surface area (Å²) in [4.78, 5) is 20.0. The maximum absolute atomic E-state index is 13.8. The first-order valence-corrected chi connectivity index (χ1v) is 8.64. The Hall–Kier alpha value is -2.88. The summed E-state index contributed by atoms with van der Waals surface area (Å²) in [5.74, 6) is -1.52. The Balaban J connectivity index is 1.95. The summed E-state index contributed by atoms with van der Waals surface area (Å²) in [6, 6.07) is 4.83. The summed E-state index contributed by atoms with van der Waals surface area (Å²) in [5, 5.41) is 6.27. The number of hydrogen-bond acceptors (Lipinski definition) is 6. The van der Waals surface area contributed by atoms with Gasteiger partial charge in [0.05, 0.1) is 10.6 Å². The molecule has 24 heavy (non-hydrogen) atoms. The lowest BCUT2D eigenvalue weighted by Crippen LogP contribution is -2.15. The summed E-state index contributed by atoms with van der Waals surface area (Å²) in [7, 11) is -3.53. The number of fused-ring (bicyclic) bond motifs is 1. The van der Waals surface area contributed by atoms with Crippen molar-refractivity contribution in [2.75, 3.05) is 11.6 Å². The third-order valence-corrected chi connectivity index (χ3v) is 4.36. The molecule has 0 radical (unpaired) electrons. The zero-order valence-electron chi connectivity index (χ0n) is 12.7. The number of carbonyl (C=O) groups is 1. The van der Waals surface area contributed by atoms with E-state index in [-0.39, 0.29) is 22.2 Å². The molecule has 0 saturated heterocycles. The topological polar surface area (TPSA) is 106 Å². The highest BCUT2D eigenvalue weighted by atomic mass is 32.2. The fourth-order valence-corrected chi connectivity index (χ4v) is 2.66. The number of amides is 1. The van der Waals surface area contributed by atoms with Crippen LogP contribution in [-0.4, -0.2) is 40.2 Å². The fourth-order valence-electron chi connectivity index (χ4n) is 2.01. The minimum absolute atomic E-state index is 0.111. The lowest BCUT2D eigenvalue weighted by Gasteiger charge is -2.06. The molecule has 2 heterocycles. The summed E-state index contributed by atoms with van der Waals surface area (Å²) >= 11 is 0. The molecule has 124 valence electrons. The van der Waals surface area contributed by atoms with Crippen LogP contribution in [0.4, 0.5) is 10.1 Å². The number of nitrogens with one attached hydrogen (secondary N) is 1. The molecule has 2 aromatic heterocycles. The van der Waals surface area contributed by atoms with Gasteiger partial charge in [-0.3, -0.25) is 4.79 Å². The summed E-state index contributed by atoms with van der Waals surface area (Å²) in [5.41, 5.74) is 0.447. The molecule has 1 amide bonds. The molecule has 0 spiro atoms. The number of hydrogen-bond donors (Lipinski definition) is 1. The molecule has 3 aromatic rings. The van der Waals surface area contributed by atoms with E-state index >= 15 is 0 Å². The van der Waals surface area contributed by atoms with Crippen molar-refractivity contribution in [2.24, 2.45) is 0 Å². The highest BCUT2D eigenvalue weighted by molar-refractivity contribution is 7.90. The van der Waals surface area contributed by atoms with E-state index in [1.165, 1.54) is 10.7 Å². The minimum Gasteiger partial charge on any atom is -0.317 e. The zero-order chi connectivity index (χ0) is 17.5. The van der Waals surface area contributed by atoms with E-state index < -0.39 is 21.6 Å². The van der Waals surface area contributed by atoms with Crippen molar-refractivity contribution >= 4 is 27.2 Å². The molecule has 0 aliphatic rings. The molecule has 3 rings (SSSR count). The van der Waals surface area contributed by atoms with Gasteiger partial charge in [-0.05, 0) is 31.2 Å². The maximum Gasteiger partial charge on any atom is 0.295 e. The van der Waals surface area contributed by atoms with Gasteiger partial charge in [-0.1, -0.05) is 0 Å². The number of anilines is 1. The van der Waals surface area contributed by atoms with Crippen LogP contribution < -0.4 is 5.32 Å². The van der Waals surface area contributed by atoms with Crippen molar-refractivity contribution in [1.82, 2.24) is 19.6 Å². The SMILES string of the molecule is Cc1ccnc2nc(C(=O)Nc3cc(S(C)(=O)=O)ccc3F)nn12. The molecule has 0 aliphatic heterocycles. The number of sulfone groups is 1. The molecule has 0 atom stereocenters. The van der Waals surface area contributed by atoms with Crippen LogP contribution in [0.2, 0.25) is 0 Å². The van der Waals surface area contributed by atoms with Gasteiger partial charge < -0.3 is 5.32 Å². The van der Waals surface area contributed by atoms with Gasteiger partial charge in [-0.2, -0.15) is 4.98 Å². The van der Waals surface area contributed by atoms with Crippen LogP contribution in [0.5, 0.6) is 0 Å². The van der Waals surface area contributed by atoms with Gasteiger partial charge in [-0.15, -0.1) is 5.10 Å². The number of rotatable bonds is 3. The molecule has 8 nitrogen and oxygen atoms in total. The van der Waals surface area contributed by atoms with Crippen molar-refractivity contribution < 1.29 is 17.6 Å². The Morgan fingerprint density at radius 3 is 2.71 bits per heavy atom. The quantitative estimate of drug-likeness (QED) is 0.713. The monoisotopic (exact) mass is 349 g/mol. The number of carbonyl (C=O) groups excluding carboxylic acids is 1. The second-order valence-corrected chi connectivity index (χ2v) is 7.12. The highest BCUT2D eigenvalue weighted by Crippen LogP contribution is 2.20. The predicted molar refractivity (Wildman–Crippen MR) is 83.0 cm³/mol. The molecule has 10 heteroatoms. The lowest BCUT2D eigenvalue weighted by molar-refractivity contribution is 0.101. The number of aryl methyl sites for hydroxylation is 1. The first-order valence-electron chi connectivity index (χ1n) is 6.75. The molecule has 0 unspecified atom stereocenters. The van der Waals surface area contributed by atoms with Crippen molar-refractivity contribution in [3.63, 3.8) is 0 Å². The Morgan fingerprint density at radius 2 is 2.04 bits per heavy atom. The highest BCUT2D eigenvalue weighted by Gasteiger charge is 2.18. The lowest BCUT2D eigenvalue weighted by atomic mass is 10.3. The maximum atomic E-state index is 13.8. The van der Waals surface area contributed by atoms with E-state index in [1.807, 2.05) is 0 Å². The Labute approximate surface area is 136 Å². The minimum atomic E-state index is -3.53. The average molecular weight is 349 g/mol. The normalized spacial score (nSPS) is 11.6. The van der Waals surface area contributed by atoms with Gasteiger partial charge in [0.1, 0.15) is 5.82 Å². The number of aromatic nitrogens is 4. The summed E-state index contributed by atoms with van der Waals surface area (Å²) in [6.45, 7) is 1.76. The zero-order valence-corrected chi connectivity index (χ0v) is 13.5. The Bertz CT molecular complexity index is 1060. The van der Waals surface area contributed by atoms with Crippen molar-refractivity contribution in [3.05, 3.63) is 47.8 Å². The van der Waals surface area contributed by atoms with E-state index in [0.717, 1.165) is 30.1 Å². The van der Waals surface area contributed by atoms with Crippen LogP contribution >= 0.6 is 0 Å². The molecule has 0 fully saturated rings. The smallest absolute Gasteiger partial charge is 0.295 e. The van der Waals surface area contributed by atoms with Gasteiger partial charge >= 0.3 is 0 Å². The van der Waals surface area contributed by atoms with E-state index in [4.69, 9.17) is 0 Å². The van der Waals surface area contributed by atoms with Gasteiger partial charge in [0.25, 0.3) is 11.7 Å². The van der Waals surface area contributed by atoms with Crippen LogP contribution in [0.25, 0.3) is 5.78 Å². The van der Waals surface area contributed by atoms with E-state index in [1.54, 1.807) is 13.0 Å². The molecule has 0 aliphatic carbocycles. The van der Waals surface area contributed by atoms with E-state index in [0.29, 0.717) is 0 Å². The Kier molecular flexibility index (Phi) is 3.76. The number of benzene rings is 1. The van der Waals surface area contributed by atoms with E-state index in [9.17, 15) is 17.6 Å². The largest absolute Gasteiger partial charge is 0.317 e. The van der Waals surface area contributed by atoms with E-state index in [2.05, 4.69) is 20.4 Å². The van der Waals surface area contributed by atoms with Crippen LogP contribution in [0.3, 0.4) is 0 Å². The third kappa shape index (κ3) is 2.95. The second kappa shape index (κ2) is 5.64. The summed E-state index contributed by atoms with van der Waals surface area (Å²) < 4.78 is 38.3. The van der Waals surface area contributed by atoms with Gasteiger partial charge in [0.15, 0.2) is 9.84 Å². The second-order valence-electron chi connectivity index (χ2n) is 5.10. The van der Waals surface area contributed by atoms with Crippen LogP contribution in [-0.2, 0) is 9.84 Å². The average Bonchev–Trinajstić information content (AvgIpc) is 2.94. The molecule has 0 bridgehead atoms. The molecular formula is C14H12FN5O3S. The standard InChI is InChI=1S/C14H12FN5O3S/c1-8-5-6-16-14-18-12(19-20(8)14)13(21)17-11-7-9(24(2,22)23)3-4-10(11)15/h3-7H,1-2H3,(H,17,21). The summed E-state index contributed by atoms with van der Waals surface area (Å²) in [6.07, 6.45) is 2.51. The number of nitrogens with zero attached hydrogens (tertiary/aromatic N) is 4. The van der Waals surface area contributed by atoms with Crippen LogP contribution in [0.15, 0.2) is 35.4 Å². The Morgan fingerprint density at radius 1 is 1.29 bits per heavy atom. The van der Waals surface area contributed by atoms with Crippen molar-refractivity contribution in [1.29, 1.82) is 0 Å². The van der Waals surface area contributed by atoms with Gasteiger partial charge in [-0.25, -0.2) is 22.3 Å². The molecule has 1 N–H and O–H groups in total. The molecule has 0 saturated carbocycles. The van der Waals surface area contributed by atoms with Gasteiger partial charge in [0.2, 0.25) is 5.82 Å². The molecule has 1 aromatic carbocycles. The van der Waals surface area contributed by atoms with Crippen LogP contribution in [0, 0.1) is 12.7 Å². The fraction of sp³-hybridized carbons (Fsp3) is 0.143. The van der Waals surface area contributed by atoms with Crippen molar-refractivity contribution in [3.8, 4) is 0 Å². The third-order valence-electron chi connectivity index (χ3n) is 3.25. The van der Waals surface area contributed by atoms with Crippen LogP contribution in [0.1, 0.15) is 16.3 Å². The first-order chi connectivity index (χ1) is 11.3. The first kappa shape index (κ1) is 16.0. The number of halogens is 1. The van der Waals surface area contributed by atoms with Gasteiger partial charge in [0, 0.05) is 18.1 Å². The molecular weight excluding hydrogens is 337 g/mol. The predicted octanol–water partition coefficient (Wildman–Crippen LogP) is 1.23. The van der Waals surface area contributed by atoms with Crippen molar-refractivity contribution in [2.45, 2.75) is 11.8 Å².